The van der Waals surface area contributed by atoms with E-state index < -0.39 is 0 Å². The number of pyridine rings is 1. The summed E-state index contributed by atoms with van der Waals surface area (Å²) in [6.07, 6.45) is 6.92. The van der Waals surface area contributed by atoms with Gasteiger partial charge in [-0.25, -0.2) is 0 Å². The molecule has 1 N–H and O–H groups in total. The lowest BCUT2D eigenvalue weighted by Crippen LogP contribution is -2.45. The number of nitrogens with zero attached hydrogens (tertiary/aromatic N) is 2. The molecule has 1 aliphatic rings. The maximum Gasteiger partial charge on any atom is 0.255 e. The van der Waals surface area contributed by atoms with Gasteiger partial charge in [-0.05, 0) is 48.8 Å². The van der Waals surface area contributed by atoms with E-state index in [1.165, 1.54) is 5.56 Å². The quantitative estimate of drug-likeness (QED) is 0.920. The fourth-order valence-corrected chi connectivity index (χ4v) is 3.40. The molecule has 1 amide bonds. The molecule has 0 unspecified atom stereocenters. The van der Waals surface area contributed by atoms with Crippen molar-refractivity contribution < 1.29 is 9.90 Å². The zero-order valence-corrected chi connectivity index (χ0v) is 13.9. The van der Waals surface area contributed by atoms with Crippen LogP contribution < -0.4 is 0 Å². The number of piperidine rings is 1. The number of likely N-dealkylation sites (tertiary alicyclic amines) is 1. The van der Waals surface area contributed by atoms with Gasteiger partial charge < -0.3 is 10.0 Å². The predicted octanol–water partition coefficient (Wildman–Crippen LogP) is 2.93. The minimum absolute atomic E-state index is 0.0395. The lowest BCUT2D eigenvalue weighted by molar-refractivity contribution is 0.0314. The van der Waals surface area contributed by atoms with Gasteiger partial charge in [-0.2, -0.15) is 0 Å². The molecule has 0 atom stereocenters. The third-order valence-electron chi connectivity index (χ3n) is 5.14. The summed E-state index contributed by atoms with van der Waals surface area (Å²) in [5.41, 5.74) is 1.87. The molecule has 0 radical (unpaired) electrons. The van der Waals surface area contributed by atoms with Crippen molar-refractivity contribution in [2.45, 2.75) is 25.7 Å². The minimum atomic E-state index is -0.0679. The van der Waals surface area contributed by atoms with Gasteiger partial charge in [0.2, 0.25) is 0 Å². The Labute approximate surface area is 143 Å². The normalized spacial score (nSPS) is 16.8. The van der Waals surface area contributed by atoms with Crippen molar-refractivity contribution in [3.05, 3.63) is 66.0 Å². The molecule has 0 bridgehead atoms. The van der Waals surface area contributed by atoms with Crippen LogP contribution in [0.2, 0.25) is 0 Å². The minimum Gasteiger partial charge on any atom is -0.396 e. The standard InChI is InChI=1S/C20H24N2O2/c23-16-20(9-8-17-5-2-1-3-6-17)10-13-22(14-11-20)19(24)18-7-4-12-21-15-18/h1-7,12,15,23H,8-11,13-14,16H2. The zero-order valence-electron chi connectivity index (χ0n) is 13.9. The molecule has 1 aliphatic heterocycles. The third kappa shape index (κ3) is 3.82. The fraction of sp³-hybridized carbons (Fsp3) is 0.400. The number of carbonyl (C=O) groups is 1. The molecule has 126 valence electrons. The van der Waals surface area contributed by atoms with Crippen LogP contribution in [0.4, 0.5) is 0 Å². The molecular formula is C20H24N2O2. The van der Waals surface area contributed by atoms with Crippen molar-refractivity contribution in [3.8, 4) is 0 Å². The Kier molecular flexibility index (Phi) is 5.26. The third-order valence-corrected chi connectivity index (χ3v) is 5.14. The number of aromatic nitrogens is 1. The first kappa shape index (κ1) is 16.7. The summed E-state index contributed by atoms with van der Waals surface area (Å²) in [6, 6.07) is 14.0. The van der Waals surface area contributed by atoms with Crippen LogP contribution in [-0.4, -0.2) is 40.6 Å². The van der Waals surface area contributed by atoms with E-state index >= 15 is 0 Å². The molecule has 3 rings (SSSR count). The van der Waals surface area contributed by atoms with Crippen molar-refractivity contribution >= 4 is 5.91 Å². The number of aliphatic hydroxyl groups is 1. The molecule has 0 saturated carbocycles. The topological polar surface area (TPSA) is 53.4 Å². The summed E-state index contributed by atoms with van der Waals surface area (Å²) >= 11 is 0. The van der Waals surface area contributed by atoms with Crippen LogP contribution in [0.25, 0.3) is 0 Å². The fourth-order valence-electron chi connectivity index (χ4n) is 3.40. The highest BCUT2D eigenvalue weighted by atomic mass is 16.3. The predicted molar refractivity (Wildman–Crippen MR) is 93.7 cm³/mol. The Morgan fingerprint density at radius 1 is 1.12 bits per heavy atom. The van der Waals surface area contributed by atoms with E-state index in [1.807, 2.05) is 11.0 Å². The number of carbonyl (C=O) groups excluding carboxylic acids is 1. The van der Waals surface area contributed by atoms with Crippen LogP contribution in [0.15, 0.2) is 54.9 Å². The Morgan fingerprint density at radius 3 is 2.50 bits per heavy atom. The van der Waals surface area contributed by atoms with Crippen LogP contribution in [0.3, 0.4) is 0 Å². The Balaban J connectivity index is 1.58. The van der Waals surface area contributed by atoms with E-state index in [0.717, 1.165) is 25.7 Å². The average molecular weight is 324 g/mol. The van der Waals surface area contributed by atoms with E-state index in [-0.39, 0.29) is 17.9 Å². The Bertz CT molecular complexity index is 650. The molecule has 1 fully saturated rings. The largest absolute Gasteiger partial charge is 0.396 e. The first-order valence-electron chi connectivity index (χ1n) is 8.57. The second kappa shape index (κ2) is 7.58. The first-order valence-corrected chi connectivity index (χ1v) is 8.57. The monoisotopic (exact) mass is 324 g/mol. The molecule has 0 aliphatic carbocycles. The highest BCUT2D eigenvalue weighted by Crippen LogP contribution is 2.36. The van der Waals surface area contributed by atoms with Crippen LogP contribution in [0, 0.1) is 5.41 Å². The zero-order chi connectivity index (χ0) is 16.8. The summed E-state index contributed by atoms with van der Waals surface area (Å²) in [4.78, 5) is 18.4. The molecule has 0 spiro atoms. The lowest BCUT2D eigenvalue weighted by atomic mass is 9.74. The molecule has 1 saturated heterocycles. The lowest BCUT2D eigenvalue weighted by Gasteiger charge is -2.41. The molecule has 24 heavy (non-hydrogen) atoms. The van der Waals surface area contributed by atoms with Gasteiger partial charge >= 0.3 is 0 Å². The molecule has 2 heterocycles. The van der Waals surface area contributed by atoms with Gasteiger partial charge in [-0.3, -0.25) is 9.78 Å². The second-order valence-electron chi connectivity index (χ2n) is 6.68. The summed E-state index contributed by atoms with van der Waals surface area (Å²) < 4.78 is 0. The molecule has 2 aromatic rings. The highest BCUT2D eigenvalue weighted by Gasteiger charge is 2.35. The van der Waals surface area contributed by atoms with E-state index in [4.69, 9.17) is 0 Å². The van der Waals surface area contributed by atoms with E-state index in [9.17, 15) is 9.90 Å². The Hall–Kier alpha value is -2.20. The smallest absolute Gasteiger partial charge is 0.255 e. The summed E-state index contributed by atoms with van der Waals surface area (Å²) in [6.45, 7) is 1.58. The Morgan fingerprint density at radius 2 is 1.88 bits per heavy atom. The summed E-state index contributed by atoms with van der Waals surface area (Å²) in [5, 5.41) is 9.95. The van der Waals surface area contributed by atoms with Gasteiger partial charge in [-0.1, -0.05) is 30.3 Å². The van der Waals surface area contributed by atoms with Crippen molar-refractivity contribution in [1.29, 1.82) is 0 Å². The van der Waals surface area contributed by atoms with Gasteiger partial charge in [0.05, 0.1) is 5.56 Å². The van der Waals surface area contributed by atoms with Crippen molar-refractivity contribution in [3.63, 3.8) is 0 Å². The molecule has 1 aromatic heterocycles. The highest BCUT2D eigenvalue weighted by molar-refractivity contribution is 5.93. The van der Waals surface area contributed by atoms with E-state index in [1.54, 1.807) is 24.5 Å². The van der Waals surface area contributed by atoms with Crippen LogP contribution in [-0.2, 0) is 6.42 Å². The molecular weight excluding hydrogens is 300 g/mol. The summed E-state index contributed by atoms with van der Waals surface area (Å²) in [7, 11) is 0. The maximum absolute atomic E-state index is 12.5. The number of rotatable bonds is 5. The first-order chi connectivity index (χ1) is 11.7. The molecule has 4 nitrogen and oxygen atoms in total. The molecule has 4 heteroatoms. The van der Waals surface area contributed by atoms with Crippen LogP contribution in [0.1, 0.15) is 35.2 Å². The van der Waals surface area contributed by atoms with Crippen molar-refractivity contribution in [1.82, 2.24) is 9.88 Å². The van der Waals surface area contributed by atoms with Gasteiger partial charge in [-0.15, -0.1) is 0 Å². The average Bonchev–Trinajstić information content (AvgIpc) is 2.68. The number of amides is 1. The second-order valence-corrected chi connectivity index (χ2v) is 6.68. The van der Waals surface area contributed by atoms with Crippen molar-refractivity contribution in [2.75, 3.05) is 19.7 Å². The molecule has 1 aromatic carbocycles. The number of hydrogen-bond acceptors (Lipinski definition) is 3. The maximum atomic E-state index is 12.5. The van der Waals surface area contributed by atoms with Gasteiger partial charge in [0.15, 0.2) is 0 Å². The van der Waals surface area contributed by atoms with Gasteiger partial charge in [0, 0.05) is 32.1 Å². The number of hydrogen-bond donors (Lipinski definition) is 1. The van der Waals surface area contributed by atoms with Gasteiger partial charge in [0.1, 0.15) is 0 Å². The number of aryl methyl sites for hydroxylation is 1. The van der Waals surface area contributed by atoms with E-state index in [0.29, 0.717) is 18.7 Å². The SMILES string of the molecule is O=C(c1cccnc1)N1CCC(CO)(CCc2ccccc2)CC1. The van der Waals surface area contributed by atoms with Crippen molar-refractivity contribution in [2.24, 2.45) is 5.41 Å². The van der Waals surface area contributed by atoms with Crippen LogP contribution >= 0.6 is 0 Å². The van der Waals surface area contributed by atoms with E-state index in [2.05, 4.69) is 29.2 Å². The van der Waals surface area contributed by atoms with Crippen LogP contribution in [0.5, 0.6) is 0 Å². The summed E-state index contributed by atoms with van der Waals surface area (Å²) in [5.74, 6) is 0.0395. The number of benzene rings is 1. The van der Waals surface area contributed by atoms with Gasteiger partial charge in [0.25, 0.3) is 5.91 Å². The number of aliphatic hydroxyl groups excluding tert-OH is 1.